The van der Waals surface area contributed by atoms with E-state index >= 15 is 0 Å². The lowest BCUT2D eigenvalue weighted by Gasteiger charge is -2.34. The Morgan fingerprint density at radius 3 is 2.52 bits per heavy atom. The quantitative estimate of drug-likeness (QED) is 0.651. The third-order valence-electron chi connectivity index (χ3n) is 8.06. The van der Waals surface area contributed by atoms with Crippen molar-refractivity contribution >= 4 is 17.7 Å². The Balaban J connectivity index is 1.25. The van der Waals surface area contributed by atoms with Crippen LogP contribution >= 0.6 is 0 Å². The first kappa shape index (κ1) is 20.9. The van der Waals surface area contributed by atoms with Gasteiger partial charge in [-0.2, -0.15) is 0 Å². The number of nitrogens with one attached hydrogen (secondary N) is 2. The van der Waals surface area contributed by atoms with Gasteiger partial charge in [-0.05, 0) is 31.2 Å². The Bertz CT molecular complexity index is 985. The molecule has 6 rings (SSSR count). The molecular formula is C26H31N3O4. The largest absolute Gasteiger partial charge is 0.359 e. The summed E-state index contributed by atoms with van der Waals surface area (Å²) in [6.07, 6.45) is 10.5. The Labute approximate surface area is 193 Å². The maximum absolute atomic E-state index is 13.7. The number of nitrogens with zero attached hydrogens (tertiary/aromatic N) is 1. The van der Waals surface area contributed by atoms with Crippen molar-refractivity contribution in [2.45, 2.75) is 81.3 Å². The summed E-state index contributed by atoms with van der Waals surface area (Å²) in [7, 11) is 0. The number of rotatable bonds is 6. The van der Waals surface area contributed by atoms with E-state index in [2.05, 4.69) is 10.6 Å². The zero-order valence-electron chi connectivity index (χ0n) is 18.7. The predicted molar refractivity (Wildman–Crippen MR) is 121 cm³/mol. The molecule has 2 bridgehead atoms. The number of carbonyl (C=O) groups is 3. The fourth-order valence-electron chi connectivity index (χ4n) is 6.38. The molecule has 5 aliphatic rings. The SMILES string of the molecule is O=C(NCc1ccccc1)[C@@H]1[C@H]2C=C[C@@]3(O2)[C@H]1C(=O)N(C1CC1)[C@@H]3C(=O)NC1CCCCC1. The van der Waals surface area contributed by atoms with Gasteiger partial charge in [0, 0.05) is 18.6 Å². The molecule has 2 saturated heterocycles. The third-order valence-corrected chi connectivity index (χ3v) is 8.06. The van der Waals surface area contributed by atoms with E-state index in [1.165, 1.54) is 6.42 Å². The number of likely N-dealkylation sites (tertiary alicyclic amines) is 1. The topological polar surface area (TPSA) is 87.7 Å². The van der Waals surface area contributed by atoms with Crippen LogP contribution in [0.1, 0.15) is 50.5 Å². The summed E-state index contributed by atoms with van der Waals surface area (Å²) in [6.45, 7) is 0.401. The number of hydrogen-bond acceptors (Lipinski definition) is 4. The maximum atomic E-state index is 13.7. The predicted octanol–water partition coefficient (Wildman–Crippen LogP) is 2.06. The Hall–Kier alpha value is -2.67. The van der Waals surface area contributed by atoms with Crippen molar-refractivity contribution in [3.05, 3.63) is 48.0 Å². The van der Waals surface area contributed by atoms with Crippen LogP contribution in [0, 0.1) is 11.8 Å². The van der Waals surface area contributed by atoms with Crippen LogP contribution in [-0.2, 0) is 25.7 Å². The van der Waals surface area contributed by atoms with Gasteiger partial charge in [0.15, 0.2) is 0 Å². The molecule has 174 valence electrons. The number of carbonyl (C=O) groups excluding carboxylic acids is 3. The van der Waals surface area contributed by atoms with Gasteiger partial charge in [0.05, 0.1) is 17.9 Å². The van der Waals surface area contributed by atoms with Crippen molar-refractivity contribution in [3.8, 4) is 0 Å². The van der Waals surface area contributed by atoms with Gasteiger partial charge < -0.3 is 20.3 Å². The van der Waals surface area contributed by atoms with E-state index in [4.69, 9.17) is 4.74 Å². The first-order valence-corrected chi connectivity index (χ1v) is 12.4. The van der Waals surface area contributed by atoms with Crippen molar-refractivity contribution in [2.75, 3.05) is 0 Å². The second kappa shape index (κ2) is 7.97. The minimum absolute atomic E-state index is 0.0728. The normalized spacial score (nSPS) is 35.0. The Morgan fingerprint density at radius 1 is 1.03 bits per heavy atom. The Morgan fingerprint density at radius 2 is 1.79 bits per heavy atom. The van der Waals surface area contributed by atoms with Crippen molar-refractivity contribution < 1.29 is 19.1 Å². The van der Waals surface area contributed by atoms with Crippen LogP contribution in [0.5, 0.6) is 0 Å². The van der Waals surface area contributed by atoms with Crippen LogP contribution in [0.3, 0.4) is 0 Å². The van der Waals surface area contributed by atoms with E-state index in [1.807, 2.05) is 42.5 Å². The third kappa shape index (κ3) is 3.39. The van der Waals surface area contributed by atoms with Crippen LogP contribution in [0.4, 0.5) is 0 Å². The molecule has 3 aliphatic heterocycles. The van der Waals surface area contributed by atoms with Gasteiger partial charge in [0.2, 0.25) is 17.7 Å². The number of ether oxygens (including phenoxy) is 1. The molecule has 1 aromatic rings. The summed E-state index contributed by atoms with van der Waals surface area (Å²) in [4.78, 5) is 42.3. The van der Waals surface area contributed by atoms with E-state index < -0.39 is 29.6 Å². The van der Waals surface area contributed by atoms with Crippen LogP contribution in [-0.4, -0.2) is 52.5 Å². The van der Waals surface area contributed by atoms with Gasteiger partial charge in [0.25, 0.3) is 0 Å². The minimum Gasteiger partial charge on any atom is -0.359 e. The molecule has 4 fully saturated rings. The summed E-state index contributed by atoms with van der Waals surface area (Å²) < 4.78 is 6.38. The van der Waals surface area contributed by atoms with Gasteiger partial charge in [-0.1, -0.05) is 61.7 Å². The lowest BCUT2D eigenvalue weighted by molar-refractivity contribution is -0.142. The smallest absolute Gasteiger partial charge is 0.246 e. The molecule has 3 heterocycles. The monoisotopic (exact) mass is 449 g/mol. The van der Waals surface area contributed by atoms with E-state index in [0.29, 0.717) is 6.54 Å². The molecule has 3 amide bonds. The van der Waals surface area contributed by atoms with Crippen molar-refractivity contribution in [2.24, 2.45) is 11.8 Å². The Kier molecular flexibility index (Phi) is 5.05. The molecule has 1 spiro atoms. The second-order valence-corrected chi connectivity index (χ2v) is 10.2. The zero-order chi connectivity index (χ0) is 22.6. The lowest BCUT2D eigenvalue weighted by atomic mass is 9.74. The fourth-order valence-corrected chi connectivity index (χ4v) is 6.38. The van der Waals surface area contributed by atoms with E-state index in [1.54, 1.807) is 4.90 Å². The molecule has 33 heavy (non-hydrogen) atoms. The fraction of sp³-hybridized carbons (Fsp3) is 0.577. The molecule has 5 atom stereocenters. The highest BCUT2D eigenvalue weighted by molar-refractivity contribution is 6.00. The van der Waals surface area contributed by atoms with Crippen LogP contribution in [0.15, 0.2) is 42.5 Å². The summed E-state index contributed by atoms with van der Waals surface area (Å²) in [6, 6.07) is 9.26. The average molecular weight is 450 g/mol. The van der Waals surface area contributed by atoms with Gasteiger partial charge >= 0.3 is 0 Å². The van der Waals surface area contributed by atoms with Gasteiger partial charge in [-0.15, -0.1) is 0 Å². The van der Waals surface area contributed by atoms with Gasteiger partial charge in [-0.3, -0.25) is 14.4 Å². The zero-order valence-corrected chi connectivity index (χ0v) is 18.7. The summed E-state index contributed by atoms with van der Waals surface area (Å²) in [5, 5.41) is 6.23. The minimum atomic E-state index is -1.04. The number of benzene rings is 1. The van der Waals surface area contributed by atoms with Gasteiger partial charge in [-0.25, -0.2) is 0 Å². The maximum Gasteiger partial charge on any atom is 0.246 e. The summed E-state index contributed by atoms with van der Waals surface area (Å²) >= 11 is 0. The average Bonchev–Trinajstić information content (AvgIpc) is 3.43. The molecular weight excluding hydrogens is 418 g/mol. The first-order valence-electron chi connectivity index (χ1n) is 12.4. The highest BCUT2D eigenvalue weighted by Gasteiger charge is 2.74. The van der Waals surface area contributed by atoms with Crippen LogP contribution < -0.4 is 10.6 Å². The molecule has 1 aromatic carbocycles. The highest BCUT2D eigenvalue weighted by atomic mass is 16.5. The van der Waals surface area contributed by atoms with E-state index in [-0.39, 0.29) is 29.8 Å². The highest BCUT2D eigenvalue weighted by Crippen LogP contribution is 2.57. The molecule has 0 radical (unpaired) electrons. The molecule has 2 N–H and O–H groups in total. The van der Waals surface area contributed by atoms with Crippen molar-refractivity contribution in [1.29, 1.82) is 0 Å². The standard InChI is InChI=1S/C26H31N3O4/c30-23(27-15-16-7-3-1-4-8-16)20-19-13-14-26(33-19)21(20)25(32)29(18-11-12-18)22(26)24(31)28-17-9-5-2-6-10-17/h1,3-4,7-8,13-14,17-22H,2,5-6,9-12,15H2,(H,27,30)(H,28,31)/t19-,20-,21-,22-,26-/m1/s1. The molecule has 0 aromatic heterocycles. The van der Waals surface area contributed by atoms with Gasteiger partial charge in [0.1, 0.15) is 11.6 Å². The second-order valence-electron chi connectivity index (χ2n) is 10.2. The molecule has 7 nitrogen and oxygen atoms in total. The van der Waals surface area contributed by atoms with Crippen LogP contribution in [0.25, 0.3) is 0 Å². The lowest BCUT2D eigenvalue weighted by Crippen LogP contribution is -2.57. The number of amides is 3. The summed E-state index contributed by atoms with van der Waals surface area (Å²) in [5.74, 6) is -1.67. The molecule has 7 heteroatoms. The summed E-state index contributed by atoms with van der Waals surface area (Å²) in [5.41, 5.74) is -0.0417. The number of hydrogen-bond donors (Lipinski definition) is 2. The van der Waals surface area contributed by atoms with Crippen molar-refractivity contribution in [1.82, 2.24) is 15.5 Å². The molecule has 2 aliphatic carbocycles. The molecule has 0 unspecified atom stereocenters. The molecule has 2 saturated carbocycles. The van der Waals surface area contributed by atoms with E-state index in [9.17, 15) is 14.4 Å². The first-order chi connectivity index (χ1) is 16.1. The number of fused-ring (bicyclic) bond motifs is 1. The van der Waals surface area contributed by atoms with Crippen molar-refractivity contribution in [3.63, 3.8) is 0 Å². The van der Waals surface area contributed by atoms with Crippen LogP contribution in [0.2, 0.25) is 0 Å². The van der Waals surface area contributed by atoms with E-state index in [0.717, 1.165) is 44.1 Å².